The van der Waals surface area contributed by atoms with Crippen LogP contribution in [0, 0.1) is 0 Å². The molecule has 0 spiro atoms. The minimum absolute atomic E-state index is 0.194. The van der Waals surface area contributed by atoms with E-state index in [0.29, 0.717) is 17.1 Å². The molecule has 0 unspecified atom stereocenters. The van der Waals surface area contributed by atoms with Crippen molar-refractivity contribution in [2.75, 3.05) is 0 Å². The summed E-state index contributed by atoms with van der Waals surface area (Å²) in [6.07, 6.45) is 4.72. The molecule has 0 saturated carbocycles. The first-order valence-electron chi connectivity index (χ1n) is 8.77. The van der Waals surface area contributed by atoms with Gasteiger partial charge >= 0.3 is 5.97 Å². The Bertz CT molecular complexity index is 1080. The van der Waals surface area contributed by atoms with Crippen molar-refractivity contribution >= 4 is 23.9 Å². The number of hydrogen-bond acceptors (Lipinski definition) is 4. The van der Waals surface area contributed by atoms with Crippen LogP contribution in [-0.2, 0) is 4.79 Å². The van der Waals surface area contributed by atoms with Gasteiger partial charge in [0.15, 0.2) is 5.76 Å². The highest BCUT2D eigenvalue weighted by molar-refractivity contribution is 6.14. The number of benzene rings is 3. The maximum Gasteiger partial charge on any atom is 0.336 e. The third-order valence-corrected chi connectivity index (χ3v) is 4.17. The number of ether oxygens (including phenoxy) is 2. The van der Waals surface area contributed by atoms with E-state index in [0.717, 1.165) is 11.1 Å². The van der Waals surface area contributed by atoms with Crippen LogP contribution in [0.2, 0.25) is 0 Å². The molecule has 0 aromatic heterocycles. The van der Waals surface area contributed by atoms with Gasteiger partial charge in [0.2, 0.25) is 5.78 Å². The molecule has 4 nitrogen and oxygen atoms in total. The molecule has 0 aliphatic carbocycles. The van der Waals surface area contributed by atoms with Gasteiger partial charge in [-0.1, -0.05) is 60.7 Å². The fourth-order valence-electron chi connectivity index (χ4n) is 2.81. The molecule has 0 radical (unpaired) electrons. The molecule has 0 amide bonds. The van der Waals surface area contributed by atoms with Crippen molar-refractivity contribution < 1.29 is 19.1 Å². The quantitative estimate of drug-likeness (QED) is 0.373. The molecule has 0 fully saturated rings. The van der Waals surface area contributed by atoms with Crippen LogP contribution in [0.15, 0.2) is 90.7 Å². The molecular weight excluding hydrogens is 352 g/mol. The lowest BCUT2D eigenvalue weighted by Gasteiger charge is -2.03. The van der Waals surface area contributed by atoms with Gasteiger partial charge in [0.25, 0.3) is 0 Å². The van der Waals surface area contributed by atoms with Gasteiger partial charge in [-0.05, 0) is 35.4 Å². The van der Waals surface area contributed by atoms with E-state index in [1.54, 1.807) is 30.4 Å². The molecule has 1 aliphatic rings. The molecule has 0 bridgehead atoms. The zero-order chi connectivity index (χ0) is 19.3. The van der Waals surface area contributed by atoms with Gasteiger partial charge in [-0.2, -0.15) is 0 Å². The van der Waals surface area contributed by atoms with Gasteiger partial charge in [-0.3, -0.25) is 4.79 Å². The predicted octanol–water partition coefficient (Wildman–Crippen LogP) is 4.92. The summed E-state index contributed by atoms with van der Waals surface area (Å²) in [4.78, 5) is 24.5. The molecule has 1 aliphatic heterocycles. The molecule has 1 heterocycles. The van der Waals surface area contributed by atoms with Crippen LogP contribution in [0.1, 0.15) is 21.5 Å². The van der Waals surface area contributed by atoms with Crippen LogP contribution in [-0.4, -0.2) is 11.8 Å². The highest BCUT2D eigenvalue weighted by Gasteiger charge is 2.27. The van der Waals surface area contributed by atoms with Gasteiger partial charge in [0.1, 0.15) is 11.5 Å². The first-order chi connectivity index (χ1) is 13.7. The molecular formula is C24H16O4. The van der Waals surface area contributed by atoms with Crippen LogP contribution >= 0.6 is 0 Å². The van der Waals surface area contributed by atoms with Crippen molar-refractivity contribution in [3.8, 4) is 11.5 Å². The molecule has 28 heavy (non-hydrogen) atoms. The first kappa shape index (κ1) is 17.5. The highest BCUT2D eigenvalue weighted by atomic mass is 16.5. The number of rotatable bonds is 4. The van der Waals surface area contributed by atoms with Gasteiger partial charge < -0.3 is 9.47 Å². The van der Waals surface area contributed by atoms with E-state index in [4.69, 9.17) is 9.47 Å². The van der Waals surface area contributed by atoms with E-state index < -0.39 is 5.97 Å². The number of hydrogen-bond donors (Lipinski definition) is 0. The van der Waals surface area contributed by atoms with Gasteiger partial charge in [-0.25, -0.2) is 4.79 Å². The van der Waals surface area contributed by atoms with Crippen molar-refractivity contribution in [3.63, 3.8) is 0 Å². The molecule has 3 aromatic rings. The van der Waals surface area contributed by atoms with Crippen LogP contribution in [0.5, 0.6) is 11.5 Å². The molecule has 3 aromatic carbocycles. The Hall–Kier alpha value is -3.92. The SMILES string of the molecule is O=C(C=Cc1ccccc1)Oc1ccc2c(c1)OC(=Cc1ccccc1)C2=O. The Morgan fingerprint density at radius 3 is 2.25 bits per heavy atom. The van der Waals surface area contributed by atoms with Crippen LogP contribution in [0.4, 0.5) is 0 Å². The lowest BCUT2D eigenvalue weighted by Crippen LogP contribution is -2.03. The molecule has 0 saturated heterocycles. The van der Waals surface area contributed by atoms with Crippen molar-refractivity contribution in [1.82, 2.24) is 0 Å². The Balaban J connectivity index is 1.48. The zero-order valence-electron chi connectivity index (χ0n) is 14.9. The highest BCUT2D eigenvalue weighted by Crippen LogP contribution is 2.34. The summed E-state index contributed by atoms with van der Waals surface area (Å²) in [5.41, 5.74) is 2.22. The zero-order valence-corrected chi connectivity index (χ0v) is 14.9. The van der Waals surface area contributed by atoms with Crippen molar-refractivity contribution in [1.29, 1.82) is 0 Å². The summed E-state index contributed by atoms with van der Waals surface area (Å²) < 4.78 is 11.0. The van der Waals surface area contributed by atoms with E-state index in [1.165, 1.54) is 6.08 Å². The van der Waals surface area contributed by atoms with Crippen LogP contribution in [0.25, 0.3) is 12.2 Å². The smallest absolute Gasteiger partial charge is 0.336 e. The Kier molecular flexibility index (Phi) is 4.85. The second-order valence-corrected chi connectivity index (χ2v) is 6.17. The van der Waals surface area contributed by atoms with Crippen LogP contribution in [0.3, 0.4) is 0 Å². The number of ketones is 1. The lowest BCUT2D eigenvalue weighted by molar-refractivity contribution is -0.128. The Morgan fingerprint density at radius 1 is 0.857 bits per heavy atom. The number of carbonyl (C=O) groups excluding carboxylic acids is 2. The monoisotopic (exact) mass is 368 g/mol. The fourth-order valence-corrected chi connectivity index (χ4v) is 2.81. The summed E-state index contributed by atoms with van der Waals surface area (Å²) >= 11 is 0. The topological polar surface area (TPSA) is 52.6 Å². The second kappa shape index (κ2) is 7.76. The number of Topliss-reactive ketones (excluding diaryl/α,β-unsaturated/α-hetero) is 1. The van der Waals surface area contributed by atoms with Crippen molar-refractivity contribution in [2.24, 2.45) is 0 Å². The summed E-state index contributed by atoms with van der Waals surface area (Å²) in [5.74, 6) is 0.238. The summed E-state index contributed by atoms with van der Waals surface area (Å²) in [6, 6.07) is 23.7. The minimum atomic E-state index is -0.506. The summed E-state index contributed by atoms with van der Waals surface area (Å²) in [7, 11) is 0. The van der Waals surface area contributed by atoms with E-state index in [9.17, 15) is 9.59 Å². The Morgan fingerprint density at radius 2 is 1.54 bits per heavy atom. The number of esters is 1. The first-order valence-corrected chi connectivity index (χ1v) is 8.77. The van der Waals surface area contributed by atoms with Gasteiger partial charge in [-0.15, -0.1) is 0 Å². The van der Waals surface area contributed by atoms with Gasteiger partial charge in [0, 0.05) is 12.1 Å². The largest absolute Gasteiger partial charge is 0.452 e. The van der Waals surface area contributed by atoms with Crippen molar-refractivity contribution in [3.05, 3.63) is 107 Å². The molecule has 0 atom stereocenters. The predicted molar refractivity (Wildman–Crippen MR) is 107 cm³/mol. The maximum atomic E-state index is 12.5. The van der Waals surface area contributed by atoms with Gasteiger partial charge in [0.05, 0.1) is 5.56 Å². The van der Waals surface area contributed by atoms with E-state index in [2.05, 4.69) is 0 Å². The average molecular weight is 368 g/mol. The number of fused-ring (bicyclic) bond motifs is 1. The molecule has 4 rings (SSSR count). The lowest BCUT2D eigenvalue weighted by atomic mass is 10.1. The molecule has 136 valence electrons. The third-order valence-electron chi connectivity index (χ3n) is 4.17. The summed E-state index contributed by atoms with van der Waals surface area (Å²) in [5, 5.41) is 0. The van der Waals surface area contributed by atoms with Crippen LogP contribution < -0.4 is 9.47 Å². The number of allylic oxidation sites excluding steroid dienone is 1. The minimum Gasteiger partial charge on any atom is -0.452 e. The molecule has 4 heteroatoms. The third kappa shape index (κ3) is 3.91. The normalized spacial score (nSPS) is 14.1. The van der Waals surface area contributed by atoms with E-state index in [-0.39, 0.29) is 11.5 Å². The maximum absolute atomic E-state index is 12.5. The molecule has 0 N–H and O–H groups in total. The Labute approximate surface area is 162 Å². The second-order valence-electron chi connectivity index (χ2n) is 6.17. The van der Waals surface area contributed by atoms with E-state index >= 15 is 0 Å². The number of carbonyl (C=O) groups is 2. The van der Waals surface area contributed by atoms with E-state index in [1.807, 2.05) is 60.7 Å². The van der Waals surface area contributed by atoms with Crippen molar-refractivity contribution in [2.45, 2.75) is 0 Å². The average Bonchev–Trinajstić information content (AvgIpc) is 3.03. The fraction of sp³-hybridized carbons (Fsp3) is 0. The standard InChI is InChI=1S/C24H16O4/c25-23(14-11-17-7-3-1-4-8-17)27-19-12-13-20-21(16-19)28-22(24(20)26)15-18-9-5-2-6-10-18/h1-16H. The summed E-state index contributed by atoms with van der Waals surface area (Å²) in [6.45, 7) is 0.